The number of hydrogen-bond acceptors (Lipinski definition) is 3. The number of carbonyl (C=O) groups excluding carboxylic acids is 2. The number of hydrogen-bond donors (Lipinski definition) is 1. The van der Waals surface area contributed by atoms with Gasteiger partial charge in [-0.15, -0.1) is 0 Å². The van der Waals surface area contributed by atoms with E-state index in [1.165, 1.54) is 5.56 Å². The van der Waals surface area contributed by atoms with Crippen molar-refractivity contribution < 1.29 is 9.59 Å². The SMILES string of the molecule is CCCNC(=O)[C@H](CC)N(Cc1ccc(Cl)c(Cl)c1)C(=O)CCSCc1ccccc1. The number of benzene rings is 2. The molecule has 1 atom stereocenters. The highest BCUT2D eigenvalue weighted by Crippen LogP contribution is 2.24. The summed E-state index contributed by atoms with van der Waals surface area (Å²) in [6.45, 7) is 4.84. The third-order valence-electron chi connectivity index (χ3n) is 4.84. The number of thioether (sulfide) groups is 1. The minimum absolute atomic E-state index is 0.0369. The molecule has 0 saturated heterocycles. The molecular formula is C24H30Cl2N2O2S. The van der Waals surface area contributed by atoms with Crippen LogP contribution in [-0.2, 0) is 21.9 Å². The van der Waals surface area contributed by atoms with Gasteiger partial charge in [-0.2, -0.15) is 11.8 Å². The number of amides is 2. The summed E-state index contributed by atoms with van der Waals surface area (Å²) in [6.07, 6.45) is 1.76. The predicted octanol–water partition coefficient (Wildman–Crippen LogP) is 5.95. The van der Waals surface area contributed by atoms with Gasteiger partial charge in [0, 0.05) is 31.0 Å². The fourth-order valence-electron chi connectivity index (χ4n) is 3.19. The first-order valence-corrected chi connectivity index (χ1v) is 12.5. The van der Waals surface area contributed by atoms with Crippen LogP contribution in [0.1, 0.15) is 44.2 Å². The Morgan fingerprint density at radius 2 is 1.77 bits per heavy atom. The van der Waals surface area contributed by atoms with Gasteiger partial charge in [0.15, 0.2) is 0 Å². The number of rotatable bonds is 12. The van der Waals surface area contributed by atoms with Crippen LogP contribution < -0.4 is 5.32 Å². The smallest absolute Gasteiger partial charge is 0.242 e. The minimum Gasteiger partial charge on any atom is -0.354 e. The van der Waals surface area contributed by atoms with Crippen molar-refractivity contribution >= 4 is 46.8 Å². The molecule has 2 rings (SSSR count). The minimum atomic E-state index is -0.521. The first-order valence-electron chi connectivity index (χ1n) is 10.6. The Morgan fingerprint density at radius 3 is 2.42 bits per heavy atom. The molecule has 2 amide bonds. The van der Waals surface area contributed by atoms with Gasteiger partial charge in [-0.3, -0.25) is 9.59 Å². The molecule has 1 N–H and O–H groups in total. The second-order valence-electron chi connectivity index (χ2n) is 7.27. The lowest BCUT2D eigenvalue weighted by molar-refractivity contribution is -0.141. The molecule has 0 aliphatic heterocycles. The van der Waals surface area contributed by atoms with Gasteiger partial charge >= 0.3 is 0 Å². The summed E-state index contributed by atoms with van der Waals surface area (Å²) < 4.78 is 0. The van der Waals surface area contributed by atoms with Crippen molar-refractivity contribution in [3.63, 3.8) is 0 Å². The van der Waals surface area contributed by atoms with Crippen molar-refractivity contribution in [2.45, 2.75) is 51.4 Å². The first-order chi connectivity index (χ1) is 15.0. The van der Waals surface area contributed by atoms with E-state index >= 15 is 0 Å². The molecule has 0 aromatic heterocycles. The molecule has 2 aromatic carbocycles. The topological polar surface area (TPSA) is 49.4 Å². The van der Waals surface area contributed by atoms with E-state index in [4.69, 9.17) is 23.2 Å². The molecule has 0 radical (unpaired) electrons. The van der Waals surface area contributed by atoms with Gasteiger partial charge in [-0.25, -0.2) is 0 Å². The number of carbonyl (C=O) groups is 2. The van der Waals surface area contributed by atoms with E-state index in [2.05, 4.69) is 17.4 Å². The highest BCUT2D eigenvalue weighted by atomic mass is 35.5. The second kappa shape index (κ2) is 13.7. The Bertz CT molecular complexity index is 849. The van der Waals surface area contributed by atoms with E-state index in [-0.39, 0.29) is 11.8 Å². The van der Waals surface area contributed by atoms with Gasteiger partial charge in [0.2, 0.25) is 11.8 Å². The summed E-state index contributed by atoms with van der Waals surface area (Å²) in [5.74, 6) is 1.40. The van der Waals surface area contributed by atoms with E-state index in [1.807, 2.05) is 38.1 Å². The van der Waals surface area contributed by atoms with Crippen molar-refractivity contribution in [2.24, 2.45) is 0 Å². The molecule has 0 spiro atoms. The first kappa shape index (κ1) is 25.6. The molecule has 0 unspecified atom stereocenters. The Morgan fingerprint density at radius 1 is 1.03 bits per heavy atom. The van der Waals surface area contributed by atoms with Gasteiger partial charge in [-0.05, 0) is 36.1 Å². The molecule has 0 aliphatic rings. The summed E-state index contributed by atoms with van der Waals surface area (Å²) in [4.78, 5) is 27.6. The highest BCUT2D eigenvalue weighted by Gasteiger charge is 2.28. The third kappa shape index (κ3) is 8.40. The monoisotopic (exact) mass is 480 g/mol. The maximum atomic E-state index is 13.2. The molecule has 168 valence electrons. The van der Waals surface area contributed by atoms with Crippen molar-refractivity contribution in [3.05, 3.63) is 69.7 Å². The lowest BCUT2D eigenvalue weighted by Crippen LogP contribution is -2.49. The fourth-order valence-corrected chi connectivity index (χ4v) is 4.40. The lowest BCUT2D eigenvalue weighted by atomic mass is 10.1. The molecule has 0 bridgehead atoms. The zero-order chi connectivity index (χ0) is 22.6. The summed E-state index contributed by atoms with van der Waals surface area (Å²) in [5.41, 5.74) is 2.08. The lowest BCUT2D eigenvalue weighted by Gasteiger charge is -2.31. The summed E-state index contributed by atoms with van der Waals surface area (Å²) >= 11 is 13.9. The van der Waals surface area contributed by atoms with Crippen molar-refractivity contribution in [2.75, 3.05) is 12.3 Å². The largest absolute Gasteiger partial charge is 0.354 e. The zero-order valence-corrected chi connectivity index (χ0v) is 20.4. The molecule has 0 aliphatic carbocycles. The van der Waals surface area contributed by atoms with Crippen LogP contribution >= 0.6 is 35.0 Å². The van der Waals surface area contributed by atoms with Crippen molar-refractivity contribution in [3.8, 4) is 0 Å². The number of nitrogens with zero attached hydrogens (tertiary/aromatic N) is 1. The van der Waals surface area contributed by atoms with Crippen LogP contribution in [0.2, 0.25) is 10.0 Å². The average molecular weight is 481 g/mol. The molecule has 7 heteroatoms. The molecular weight excluding hydrogens is 451 g/mol. The van der Waals surface area contributed by atoms with Gasteiger partial charge in [0.05, 0.1) is 10.0 Å². The summed E-state index contributed by atoms with van der Waals surface area (Å²) in [7, 11) is 0. The van der Waals surface area contributed by atoms with E-state index < -0.39 is 6.04 Å². The Balaban J connectivity index is 2.07. The van der Waals surface area contributed by atoms with Crippen LogP contribution in [0.5, 0.6) is 0 Å². The molecule has 0 fully saturated rings. The quantitative estimate of drug-likeness (QED) is 0.381. The van der Waals surface area contributed by atoms with Crippen molar-refractivity contribution in [1.29, 1.82) is 0 Å². The van der Waals surface area contributed by atoms with Crippen LogP contribution in [0.3, 0.4) is 0 Å². The fraction of sp³-hybridized carbons (Fsp3) is 0.417. The standard InChI is InChI=1S/C24H30Cl2N2O2S/c1-3-13-27-24(30)22(4-2)28(16-19-10-11-20(25)21(26)15-19)23(29)12-14-31-17-18-8-6-5-7-9-18/h5-11,15,22H,3-4,12-14,16-17H2,1-2H3,(H,27,30)/t22-/m0/s1. The van der Waals surface area contributed by atoms with E-state index in [0.717, 1.165) is 17.7 Å². The number of nitrogens with one attached hydrogen (secondary N) is 1. The molecule has 0 saturated carbocycles. The molecule has 4 nitrogen and oxygen atoms in total. The van der Waals surface area contributed by atoms with Crippen LogP contribution in [0.4, 0.5) is 0 Å². The maximum absolute atomic E-state index is 13.2. The Labute approximate surface area is 199 Å². The maximum Gasteiger partial charge on any atom is 0.242 e. The average Bonchev–Trinajstić information content (AvgIpc) is 2.78. The Hall–Kier alpha value is -1.69. The molecule has 0 heterocycles. The van der Waals surface area contributed by atoms with Gasteiger partial charge in [0.1, 0.15) is 6.04 Å². The predicted molar refractivity (Wildman–Crippen MR) is 132 cm³/mol. The van der Waals surface area contributed by atoms with Crippen LogP contribution in [0.15, 0.2) is 48.5 Å². The summed E-state index contributed by atoms with van der Waals surface area (Å²) in [6, 6.07) is 15.0. The van der Waals surface area contributed by atoms with Crippen molar-refractivity contribution in [1.82, 2.24) is 10.2 Å². The Kier molecular flexibility index (Phi) is 11.3. The highest BCUT2D eigenvalue weighted by molar-refractivity contribution is 7.98. The van der Waals surface area contributed by atoms with Crippen LogP contribution in [0, 0.1) is 0 Å². The van der Waals surface area contributed by atoms with E-state index in [9.17, 15) is 9.59 Å². The van der Waals surface area contributed by atoms with Gasteiger partial charge < -0.3 is 10.2 Å². The van der Waals surface area contributed by atoms with Crippen LogP contribution in [0.25, 0.3) is 0 Å². The van der Waals surface area contributed by atoms with E-state index in [0.29, 0.717) is 41.7 Å². The second-order valence-corrected chi connectivity index (χ2v) is 9.19. The van der Waals surface area contributed by atoms with Crippen LogP contribution in [-0.4, -0.2) is 35.1 Å². The number of halogens is 2. The normalized spacial score (nSPS) is 11.7. The summed E-state index contributed by atoms with van der Waals surface area (Å²) in [5, 5.41) is 3.83. The van der Waals surface area contributed by atoms with Gasteiger partial charge in [-0.1, -0.05) is 73.4 Å². The zero-order valence-electron chi connectivity index (χ0n) is 18.1. The molecule has 31 heavy (non-hydrogen) atoms. The third-order valence-corrected chi connectivity index (χ3v) is 6.61. The van der Waals surface area contributed by atoms with E-state index in [1.54, 1.807) is 28.8 Å². The molecule has 2 aromatic rings. The van der Waals surface area contributed by atoms with Gasteiger partial charge in [0.25, 0.3) is 0 Å².